The second-order valence-corrected chi connectivity index (χ2v) is 6.18. The van der Waals surface area contributed by atoms with Crippen LogP contribution in [0.25, 0.3) is 0 Å². The Kier molecular flexibility index (Phi) is 9.03. The van der Waals surface area contributed by atoms with Gasteiger partial charge in [-0.2, -0.15) is 0 Å². The van der Waals surface area contributed by atoms with E-state index in [0.29, 0.717) is 0 Å². The van der Waals surface area contributed by atoms with Crippen molar-refractivity contribution in [3.05, 3.63) is 23.3 Å². The maximum absolute atomic E-state index is 10.3. The van der Waals surface area contributed by atoms with Gasteiger partial charge in [-0.1, -0.05) is 38.5 Å². The summed E-state index contributed by atoms with van der Waals surface area (Å²) in [5, 5.41) is 19.6. The largest absolute Gasteiger partial charge is 0.396 e. The highest BCUT2D eigenvalue weighted by molar-refractivity contribution is 5.12. The summed E-state index contributed by atoms with van der Waals surface area (Å²) in [6.07, 6.45) is 3.62. The molecular weight excluding hydrogens is 252 g/mol. The Morgan fingerprint density at radius 2 is 1.60 bits per heavy atom. The maximum Gasteiger partial charge on any atom is 0.0807 e. The molecule has 0 radical (unpaired) electrons. The lowest BCUT2D eigenvalue weighted by molar-refractivity contribution is 0.0101. The Morgan fingerprint density at radius 3 is 2.00 bits per heavy atom. The van der Waals surface area contributed by atoms with Gasteiger partial charge < -0.3 is 14.9 Å². The van der Waals surface area contributed by atoms with Crippen molar-refractivity contribution in [1.29, 1.82) is 0 Å². The van der Waals surface area contributed by atoms with Crippen LogP contribution in [0.2, 0.25) is 0 Å². The zero-order valence-corrected chi connectivity index (χ0v) is 14.1. The molecule has 5 atom stereocenters. The molecular formula is C17H32O3. The third-order valence-corrected chi connectivity index (χ3v) is 3.73. The lowest BCUT2D eigenvalue weighted by Crippen LogP contribution is -2.30. The Morgan fingerprint density at radius 1 is 1.05 bits per heavy atom. The molecule has 0 spiro atoms. The first-order valence-corrected chi connectivity index (χ1v) is 7.39. The summed E-state index contributed by atoms with van der Waals surface area (Å²) in [6.45, 7) is 12.2. The highest BCUT2D eigenvalue weighted by Gasteiger charge is 2.23. The molecule has 0 bridgehead atoms. The molecule has 0 amide bonds. The van der Waals surface area contributed by atoms with Crippen LogP contribution in [0.1, 0.15) is 41.5 Å². The molecule has 3 nitrogen and oxygen atoms in total. The van der Waals surface area contributed by atoms with Gasteiger partial charge in [0.2, 0.25) is 0 Å². The Bertz CT molecular complexity index is 329. The number of aliphatic hydroxyl groups excluding tert-OH is 2. The third-order valence-electron chi connectivity index (χ3n) is 3.73. The molecule has 0 aromatic rings. The van der Waals surface area contributed by atoms with Gasteiger partial charge in [-0.3, -0.25) is 0 Å². The molecule has 118 valence electrons. The van der Waals surface area contributed by atoms with E-state index in [2.05, 4.69) is 19.1 Å². The van der Waals surface area contributed by atoms with Crippen LogP contribution in [0.5, 0.6) is 0 Å². The van der Waals surface area contributed by atoms with Gasteiger partial charge in [0, 0.05) is 31.5 Å². The molecule has 0 saturated heterocycles. The zero-order valence-electron chi connectivity index (χ0n) is 14.1. The first-order chi connectivity index (χ1) is 9.24. The molecule has 0 saturated carbocycles. The Labute approximate surface area is 124 Å². The minimum absolute atomic E-state index is 0.0408. The minimum Gasteiger partial charge on any atom is -0.396 e. The molecule has 1 unspecified atom stereocenters. The molecule has 0 aromatic carbocycles. The molecule has 0 heterocycles. The number of aliphatic hydroxyl groups is 2. The number of ether oxygens (including phenoxy) is 1. The summed E-state index contributed by atoms with van der Waals surface area (Å²) in [4.78, 5) is 0. The van der Waals surface area contributed by atoms with Gasteiger partial charge in [-0.15, -0.1) is 0 Å². The number of methoxy groups -OCH3 is 1. The van der Waals surface area contributed by atoms with E-state index in [0.717, 1.165) is 5.57 Å². The monoisotopic (exact) mass is 284 g/mol. The van der Waals surface area contributed by atoms with Gasteiger partial charge in [0.1, 0.15) is 0 Å². The fraction of sp³-hybridized carbons (Fsp3) is 0.765. The van der Waals surface area contributed by atoms with Gasteiger partial charge in [-0.25, -0.2) is 0 Å². The van der Waals surface area contributed by atoms with Crippen molar-refractivity contribution in [3.8, 4) is 0 Å². The lowest BCUT2D eigenvalue weighted by atomic mass is 9.89. The van der Waals surface area contributed by atoms with Gasteiger partial charge in [0.05, 0.1) is 12.2 Å². The summed E-state index contributed by atoms with van der Waals surface area (Å²) >= 11 is 0. The lowest BCUT2D eigenvalue weighted by Gasteiger charge is -2.27. The van der Waals surface area contributed by atoms with Gasteiger partial charge >= 0.3 is 0 Å². The molecule has 0 aliphatic rings. The fourth-order valence-electron chi connectivity index (χ4n) is 2.71. The second-order valence-electron chi connectivity index (χ2n) is 6.18. The molecule has 2 N–H and O–H groups in total. The second kappa shape index (κ2) is 9.32. The standard InChI is InChI=1S/C17H32O3/c1-11(2)8-12(3)16(19)13(4)9-14(5)17(20-7)15(6)10-18/h8-9,12,14-19H,10H2,1-7H3/b13-9+/t12-,14?,15-,16-,17-/m0/s1. The summed E-state index contributed by atoms with van der Waals surface area (Å²) in [7, 11) is 1.67. The van der Waals surface area contributed by atoms with Crippen LogP contribution in [0.3, 0.4) is 0 Å². The summed E-state index contributed by atoms with van der Waals surface area (Å²) in [5.74, 6) is 0.321. The normalized spacial score (nSPS) is 19.9. The Balaban J connectivity index is 4.89. The summed E-state index contributed by atoms with van der Waals surface area (Å²) < 4.78 is 5.47. The average Bonchev–Trinajstić information content (AvgIpc) is 2.37. The van der Waals surface area contributed by atoms with Crippen LogP contribution >= 0.6 is 0 Å². The molecule has 0 aliphatic heterocycles. The number of allylic oxidation sites excluding steroid dienone is 1. The van der Waals surface area contributed by atoms with E-state index in [1.165, 1.54) is 5.57 Å². The van der Waals surface area contributed by atoms with Crippen LogP contribution in [0.4, 0.5) is 0 Å². The third kappa shape index (κ3) is 6.21. The van der Waals surface area contributed by atoms with E-state index >= 15 is 0 Å². The fourth-order valence-corrected chi connectivity index (χ4v) is 2.71. The first kappa shape index (κ1) is 19.4. The van der Waals surface area contributed by atoms with Crippen molar-refractivity contribution in [2.24, 2.45) is 17.8 Å². The minimum atomic E-state index is -0.478. The van der Waals surface area contributed by atoms with Crippen molar-refractivity contribution >= 4 is 0 Å². The van der Waals surface area contributed by atoms with Crippen molar-refractivity contribution < 1.29 is 14.9 Å². The highest BCUT2D eigenvalue weighted by Crippen LogP contribution is 2.22. The van der Waals surface area contributed by atoms with E-state index in [1.54, 1.807) is 7.11 Å². The quantitative estimate of drug-likeness (QED) is 0.673. The zero-order chi connectivity index (χ0) is 15.9. The van der Waals surface area contributed by atoms with Crippen molar-refractivity contribution in [3.63, 3.8) is 0 Å². The van der Waals surface area contributed by atoms with Crippen LogP contribution < -0.4 is 0 Å². The van der Waals surface area contributed by atoms with Crippen molar-refractivity contribution in [2.45, 2.75) is 53.8 Å². The maximum atomic E-state index is 10.3. The molecule has 0 fully saturated rings. The number of rotatable bonds is 8. The molecule has 3 heteroatoms. The van der Waals surface area contributed by atoms with Gasteiger partial charge in [0.25, 0.3) is 0 Å². The predicted octanol–water partition coefficient (Wildman–Crippen LogP) is 3.18. The van der Waals surface area contributed by atoms with Crippen molar-refractivity contribution in [1.82, 2.24) is 0 Å². The first-order valence-electron chi connectivity index (χ1n) is 7.39. The van der Waals surface area contributed by atoms with E-state index in [4.69, 9.17) is 4.74 Å². The van der Waals surface area contributed by atoms with E-state index < -0.39 is 6.10 Å². The summed E-state index contributed by atoms with van der Waals surface area (Å²) in [5.41, 5.74) is 2.16. The average molecular weight is 284 g/mol. The van der Waals surface area contributed by atoms with Gasteiger partial charge in [0.15, 0.2) is 0 Å². The number of hydrogen-bond acceptors (Lipinski definition) is 3. The topological polar surface area (TPSA) is 49.7 Å². The molecule has 0 aliphatic carbocycles. The van der Waals surface area contributed by atoms with Crippen molar-refractivity contribution in [2.75, 3.05) is 13.7 Å². The summed E-state index contributed by atoms with van der Waals surface area (Å²) in [6, 6.07) is 0. The molecule has 0 aromatic heterocycles. The molecule has 0 rings (SSSR count). The van der Waals surface area contributed by atoms with Gasteiger partial charge in [-0.05, 0) is 26.3 Å². The molecule has 20 heavy (non-hydrogen) atoms. The van der Waals surface area contributed by atoms with E-state index in [-0.39, 0.29) is 30.5 Å². The van der Waals surface area contributed by atoms with Crippen LogP contribution in [-0.2, 0) is 4.74 Å². The predicted molar refractivity (Wildman–Crippen MR) is 84.6 cm³/mol. The Hall–Kier alpha value is -0.640. The highest BCUT2D eigenvalue weighted by atomic mass is 16.5. The SMILES string of the molecule is CO[C@@H](C(C)/C=C(\C)[C@@H](O)[C@@H](C)C=C(C)C)[C@@H](C)CO. The van der Waals surface area contributed by atoms with E-state index in [1.807, 2.05) is 34.6 Å². The van der Waals surface area contributed by atoms with E-state index in [9.17, 15) is 10.2 Å². The smallest absolute Gasteiger partial charge is 0.0807 e. The van der Waals surface area contributed by atoms with Crippen LogP contribution in [0.15, 0.2) is 23.3 Å². The van der Waals surface area contributed by atoms with Crippen LogP contribution in [-0.4, -0.2) is 36.1 Å². The number of hydrogen-bond donors (Lipinski definition) is 2. The van der Waals surface area contributed by atoms with Crippen LogP contribution in [0, 0.1) is 17.8 Å².